The molecule has 1 aliphatic heterocycles. The summed E-state index contributed by atoms with van der Waals surface area (Å²) in [5.41, 5.74) is 0.413. The van der Waals surface area contributed by atoms with Crippen LogP contribution >= 0.6 is 0 Å². The molecule has 1 amide bonds. The van der Waals surface area contributed by atoms with Crippen molar-refractivity contribution < 1.29 is 28.6 Å². The Kier molecular flexibility index (Phi) is 7.26. The topological polar surface area (TPSA) is 92.5 Å². The van der Waals surface area contributed by atoms with Crippen molar-refractivity contribution in [3.63, 3.8) is 0 Å². The van der Waals surface area contributed by atoms with Gasteiger partial charge in [-0.1, -0.05) is 6.07 Å². The fourth-order valence-corrected chi connectivity index (χ4v) is 3.16. The van der Waals surface area contributed by atoms with Crippen LogP contribution in [0.4, 0.5) is 0 Å². The Morgan fingerprint density at radius 3 is 2.66 bits per heavy atom. The van der Waals surface area contributed by atoms with Gasteiger partial charge in [0.2, 0.25) is 0 Å². The quantitative estimate of drug-likeness (QED) is 0.671. The van der Waals surface area contributed by atoms with Gasteiger partial charge in [-0.3, -0.25) is 9.69 Å². The van der Waals surface area contributed by atoms with Gasteiger partial charge in [0.15, 0.2) is 5.76 Å². The number of carbonyl (C=O) groups excluding carboxylic acids is 2. The van der Waals surface area contributed by atoms with E-state index in [2.05, 4.69) is 4.90 Å². The number of β-amino-alcohol motifs (C(OH)–C–C–N with tert-alkyl or cyclic N) is 1. The van der Waals surface area contributed by atoms with Gasteiger partial charge in [0.05, 0.1) is 18.4 Å². The highest BCUT2D eigenvalue weighted by Gasteiger charge is 2.24. The fourth-order valence-electron chi connectivity index (χ4n) is 3.16. The molecule has 1 aromatic carbocycles. The summed E-state index contributed by atoms with van der Waals surface area (Å²) >= 11 is 0. The van der Waals surface area contributed by atoms with E-state index in [4.69, 9.17) is 13.9 Å². The van der Waals surface area contributed by atoms with Gasteiger partial charge >= 0.3 is 5.97 Å². The summed E-state index contributed by atoms with van der Waals surface area (Å²) in [6.07, 6.45) is 0.802. The number of aliphatic hydroxyl groups excluding tert-OH is 1. The number of hydrogen-bond acceptors (Lipinski definition) is 7. The molecule has 3 rings (SSSR count). The number of nitrogens with zero attached hydrogens (tertiary/aromatic N) is 2. The second-order valence-electron chi connectivity index (χ2n) is 6.78. The number of benzene rings is 1. The normalized spacial score (nSPS) is 15.7. The molecule has 0 spiro atoms. The molecule has 1 saturated heterocycles. The Labute approximate surface area is 169 Å². The van der Waals surface area contributed by atoms with Gasteiger partial charge in [-0.15, -0.1) is 0 Å². The summed E-state index contributed by atoms with van der Waals surface area (Å²) in [4.78, 5) is 27.9. The fraction of sp³-hybridized carbons (Fsp3) is 0.429. The third kappa shape index (κ3) is 5.82. The third-order valence-electron chi connectivity index (χ3n) is 4.65. The number of hydrogen-bond donors (Lipinski definition) is 1. The van der Waals surface area contributed by atoms with Crippen molar-refractivity contribution in [2.75, 3.05) is 45.9 Å². The second-order valence-corrected chi connectivity index (χ2v) is 6.78. The average Bonchev–Trinajstić information content (AvgIpc) is 3.28. The Bertz CT molecular complexity index is 799. The molecule has 0 radical (unpaired) electrons. The maximum absolute atomic E-state index is 12.3. The van der Waals surface area contributed by atoms with Gasteiger partial charge in [0.25, 0.3) is 5.91 Å². The third-order valence-corrected chi connectivity index (χ3v) is 4.65. The molecule has 8 nitrogen and oxygen atoms in total. The molecule has 1 unspecified atom stereocenters. The molecule has 2 heterocycles. The molecule has 0 bridgehead atoms. The van der Waals surface area contributed by atoms with Crippen molar-refractivity contribution >= 4 is 11.9 Å². The van der Waals surface area contributed by atoms with Gasteiger partial charge in [0, 0.05) is 32.7 Å². The van der Waals surface area contributed by atoms with Gasteiger partial charge in [-0.2, -0.15) is 0 Å². The molecule has 2 aromatic rings. The van der Waals surface area contributed by atoms with E-state index in [9.17, 15) is 14.7 Å². The van der Waals surface area contributed by atoms with Crippen LogP contribution in [0.1, 0.15) is 27.8 Å². The molecule has 1 fully saturated rings. The largest absolute Gasteiger partial charge is 0.491 e. The highest BCUT2D eigenvalue weighted by Crippen LogP contribution is 2.15. The van der Waals surface area contributed by atoms with E-state index in [0.717, 1.165) is 0 Å². The second kappa shape index (κ2) is 10.1. The van der Waals surface area contributed by atoms with Crippen LogP contribution in [0.15, 0.2) is 47.1 Å². The van der Waals surface area contributed by atoms with Crippen LogP contribution in [0, 0.1) is 0 Å². The van der Waals surface area contributed by atoms with Crippen molar-refractivity contribution in [2.24, 2.45) is 0 Å². The summed E-state index contributed by atoms with van der Waals surface area (Å²) in [6, 6.07) is 10.1. The molecule has 8 heteroatoms. The smallest absolute Gasteiger partial charge is 0.338 e. The first-order valence-corrected chi connectivity index (χ1v) is 9.70. The average molecular weight is 402 g/mol. The van der Waals surface area contributed by atoms with Crippen molar-refractivity contribution in [2.45, 2.75) is 13.0 Å². The lowest BCUT2D eigenvalue weighted by Gasteiger charge is -2.35. The summed E-state index contributed by atoms with van der Waals surface area (Å²) in [5, 5.41) is 10.3. The lowest BCUT2D eigenvalue weighted by Crippen LogP contribution is -2.50. The van der Waals surface area contributed by atoms with Crippen LogP contribution in [0.2, 0.25) is 0 Å². The Hall–Kier alpha value is -2.84. The summed E-state index contributed by atoms with van der Waals surface area (Å²) in [7, 11) is 0. The van der Waals surface area contributed by atoms with Crippen LogP contribution in [0.3, 0.4) is 0 Å². The van der Waals surface area contributed by atoms with Crippen LogP contribution < -0.4 is 4.74 Å². The zero-order chi connectivity index (χ0) is 20.6. The first kappa shape index (κ1) is 20.9. The molecule has 0 aliphatic carbocycles. The van der Waals surface area contributed by atoms with Gasteiger partial charge in [0.1, 0.15) is 18.5 Å². The monoisotopic (exact) mass is 402 g/mol. The standard InChI is InChI=1S/C21H26N2O6/c1-2-27-21(26)16-5-3-6-18(13-16)29-15-17(24)14-22-8-10-23(11-9-22)20(25)19-7-4-12-28-19/h3-7,12-13,17,24H,2,8-11,14-15H2,1H3. The number of rotatable bonds is 8. The van der Waals surface area contributed by atoms with E-state index in [1.54, 1.807) is 48.2 Å². The highest BCUT2D eigenvalue weighted by molar-refractivity contribution is 5.91. The highest BCUT2D eigenvalue weighted by atomic mass is 16.5. The zero-order valence-corrected chi connectivity index (χ0v) is 16.5. The number of carbonyl (C=O) groups is 2. The van der Waals surface area contributed by atoms with E-state index in [1.165, 1.54) is 6.26 Å². The van der Waals surface area contributed by atoms with Gasteiger partial charge in [-0.25, -0.2) is 4.79 Å². The van der Waals surface area contributed by atoms with Crippen molar-refractivity contribution in [1.29, 1.82) is 0 Å². The van der Waals surface area contributed by atoms with E-state index >= 15 is 0 Å². The number of piperazine rings is 1. The van der Waals surface area contributed by atoms with E-state index in [-0.39, 0.29) is 12.5 Å². The number of ether oxygens (including phenoxy) is 2. The molecular formula is C21H26N2O6. The Morgan fingerprint density at radius 2 is 1.97 bits per heavy atom. The van der Waals surface area contributed by atoms with Crippen molar-refractivity contribution in [1.82, 2.24) is 9.80 Å². The molecule has 0 saturated carbocycles. The van der Waals surface area contributed by atoms with Gasteiger partial charge < -0.3 is 23.9 Å². The zero-order valence-electron chi connectivity index (χ0n) is 16.5. The van der Waals surface area contributed by atoms with Crippen LogP contribution in [-0.4, -0.2) is 78.8 Å². The molecule has 29 heavy (non-hydrogen) atoms. The first-order chi connectivity index (χ1) is 14.1. The molecular weight excluding hydrogens is 376 g/mol. The summed E-state index contributed by atoms with van der Waals surface area (Å²) < 4.78 is 15.8. The summed E-state index contributed by atoms with van der Waals surface area (Å²) in [6.45, 7) is 5.11. The first-order valence-electron chi connectivity index (χ1n) is 9.70. The van der Waals surface area contributed by atoms with Crippen LogP contribution in [0.25, 0.3) is 0 Å². The maximum Gasteiger partial charge on any atom is 0.338 e. The lowest BCUT2D eigenvalue weighted by molar-refractivity contribution is 0.0389. The Balaban J connectivity index is 1.41. The molecule has 156 valence electrons. The van der Waals surface area contributed by atoms with Gasteiger partial charge in [-0.05, 0) is 37.3 Å². The summed E-state index contributed by atoms with van der Waals surface area (Å²) in [5.74, 6) is 0.334. The van der Waals surface area contributed by atoms with Crippen molar-refractivity contribution in [3.05, 3.63) is 54.0 Å². The van der Waals surface area contributed by atoms with E-state index in [1.807, 2.05) is 0 Å². The SMILES string of the molecule is CCOC(=O)c1cccc(OCC(O)CN2CCN(C(=O)c3ccco3)CC2)c1. The molecule has 1 atom stereocenters. The minimum absolute atomic E-state index is 0.109. The molecule has 1 aliphatic rings. The van der Waals surface area contributed by atoms with Crippen LogP contribution in [0.5, 0.6) is 5.75 Å². The number of aliphatic hydroxyl groups is 1. The molecule has 1 N–H and O–H groups in total. The number of amides is 1. The molecule has 1 aromatic heterocycles. The predicted octanol–water partition coefficient (Wildman–Crippen LogP) is 1.65. The van der Waals surface area contributed by atoms with Crippen LogP contribution in [-0.2, 0) is 4.74 Å². The Morgan fingerprint density at radius 1 is 1.17 bits per heavy atom. The predicted molar refractivity (Wildman–Crippen MR) is 105 cm³/mol. The minimum atomic E-state index is -0.687. The lowest BCUT2D eigenvalue weighted by atomic mass is 10.2. The van der Waals surface area contributed by atoms with Crippen molar-refractivity contribution in [3.8, 4) is 5.75 Å². The van der Waals surface area contributed by atoms with E-state index in [0.29, 0.717) is 56.4 Å². The number of esters is 1. The number of furan rings is 1. The van der Waals surface area contributed by atoms with E-state index < -0.39 is 12.1 Å². The maximum atomic E-state index is 12.3. The minimum Gasteiger partial charge on any atom is -0.491 e.